The van der Waals surface area contributed by atoms with Crippen LogP contribution in [0.3, 0.4) is 0 Å². The van der Waals surface area contributed by atoms with Crippen LogP contribution in [0.5, 0.6) is 5.75 Å². The molecule has 0 spiro atoms. The van der Waals surface area contributed by atoms with E-state index in [4.69, 9.17) is 5.11 Å². The predicted molar refractivity (Wildman–Crippen MR) is 98.3 cm³/mol. The molecule has 0 saturated heterocycles. The maximum absolute atomic E-state index is 12.5. The van der Waals surface area contributed by atoms with Crippen molar-refractivity contribution in [2.24, 2.45) is 0 Å². The number of amides is 1. The molecule has 30 heavy (non-hydrogen) atoms. The highest BCUT2D eigenvalue weighted by molar-refractivity contribution is 7.89. The Hall–Kier alpha value is -3.12. The van der Waals surface area contributed by atoms with Crippen LogP contribution in [0, 0.1) is 0 Å². The first kappa shape index (κ1) is 23.2. The van der Waals surface area contributed by atoms with Crippen molar-refractivity contribution in [3.8, 4) is 5.75 Å². The van der Waals surface area contributed by atoms with Crippen LogP contribution in [0.2, 0.25) is 0 Å². The van der Waals surface area contributed by atoms with E-state index in [-0.39, 0.29) is 16.0 Å². The summed E-state index contributed by atoms with van der Waals surface area (Å²) < 4.78 is 66.4. The molecule has 1 atom stereocenters. The molecule has 0 saturated carbocycles. The molecule has 2 rings (SSSR count). The minimum Gasteiger partial charge on any atom is -0.481 e. The van der Waals surface area contributed by atoms with E-state index in [0.717, 1.165) is 18.2 Å². The van der Waals surface area contributed by atoms with Gasteiger partial charge in [0, 0.05) is 5.56 Å². The van der Waals surface area contributed by atoms with Gasteiger partial charge in [-0.05, 0) is 42.9 Å². The first-order valence-corrected chi connectivity index (χ1v) is 9.81. The van der Waals surface area contributed by atoms with E-state index in [1.54, 1.807) is 0 Å². The van der Waals surface area contributed by atoms with Gasteiger partial charge in [0.25, 0.3) is 5.91 Å². The minimum absolute atomic E-state index is 0.0428. The third-order valence-corrected chi connectivity index (χ3v) is 5.29. The standard InChI is InChI=1S/C18H17F3N2O6S/c1-22-30(27,28)14-4-2-3-12(9-14)17(26)23-15(10-16(24)25)11-5-7-13(8-6-11)29-18(19,20)21/h2-9,15,22H,10H2,1H3,(H,23,26)(H,24,25)/t15-/m0/s1. The molecule has 0 aliphatic rings. The predicted octanol–water partition coefficient (Wildman–Crippen LogP) is 2.44. The van der Waals surface area contributed by atoms with Crippen LogP contribution < -0.4 is 14.8 Å². The van der Waals surface area contributed by atoms with Gasteiger partial charge in [0.15, 0.2) is 0 Å². The fourth-order valence-electron chi connectivity index (χ4n) is 2.49. The van der Waals surface area contributed by atoms with Gasteiger partial charge in [-0.25, -0.2) is 13.1 Å². The number of ether oxygens (including phenoxy) is 1. The lowest BCUT2D eigenvalue weighted by molar-refractivity contribution is -0.274. The lowest BCUT2D eigenvalue weighted by Crippen LogP contribution is -2.30. The highest BCUT2D eigenvalue weighted by Crippen LogP contribution is 2.26. The van der Waals surface area contributed by atoms with Crippen molar-refractivity contribution in [3.63, 3.8) is 0 Å². The number of carboxylic acids is 1. The molecule has 0 fully saturated rings. The average molecular weight is 446 g/mol. The molecule has 8 nitrogen and oxygen atoms in total. The normalized spacial score (nSPS) is 12.8. The maximum Gasteiger partial charge on any atom is 0.573 e. The molecule has 12 heteroatoms. The van der Waals surface area contributed by atoms with Crippen molar-refractivity contribution in [2.75, 3.05) is 7.05 Å². The van der Waals surface area contributed by atoms with Gasteiger partial charge in [0.05, 0.1) is 17.4 Å². The number of sulfonamides is 1. The van der Waals surface area contributed by atoms with Crippen LogP contribution in [0.1, 0.15) is 28.4 Å². The zero-order valence-corrected chi connectivity index (χ0v) is 16.3. The molecule has 0 bridgehead atoms. The Kier molecular flexibility index (Phi) is 7.05. The summed E-state index contributed by atoms with van der Waals surface area (Å²) in [4.78, 5) is 23.5. The first-order chi connectivity index (χ1) is 13.9. The molecule has 0 radical (unpaired) electrons. The smallest absolute Gasteiger partial charge is 0.481 e. The summed E-state index contributed by atoms with van der Waals surface area (Å²) in [5, 5.41) is 11.6. The molecule has 1 amide bonds. The van der Waals surface area contributed by atoms with E-state index >= 15 is 0 Å². The zero-order chi connectivity index (χ0) is 22.5. The third kappa shape index (κ3) is 6.46. The summed E-state index contributed by atoms with van der Waals surface area (Å²) in [5.74, 6) is -2.52. The Morgan fingerprint density at radius 3 is 2.30 bits per heavy atom. The van der Waals surface area contributed by atoms with Crippen molar-refractivity contribution in [1.29, 1.82) is 0 Å². The lowest BCUT2D eigenvalue weighted by Gasteiger charge is -2.18. The summed E-state index contributed by atoms with van der Waals surface area (Å²) in [5.41, 5.74) is 0.179. The van der Waals surface area contributed by atoms with E-state index < -0.39 is 46.5 Å². The van der Waals surface area contributed by atoms with Crippen molar-refractivity contribution >= 4 is 21.9 Å². The number of alkyl halides is 3. The number of hydrogen-bond donors (Lipinski definition) is 3. The van der Waals surface area contributed by atoms with Gasteiger partial charge in [-0.1, -0.05) is 18.2 Å². The van der Waals surface area contributed by atoms with Crippen LogP contribution >= 0.6 is 0 Å². The Bertz CT molecular complexity index is 1020. The van der Waals surface area contributed by atoms with Crippen molar-refractivity contribution in [3.05, 3.63) is 59.7 Å². The Morgan fingerprint density at radius 2 is 1.77 bits per heavy atom. The van der Waals surface area contributed by atoms with Gasteiger partial charge < -0.3 is 15.2 Å². The van der Waals surface area contributed by atoms with Crippen molar-refractivity contribution < 1.29 is 41.0 Å². The largest absolute Gasteiger partial charge is 0.573 e. The fraction of sp³-hybridized carbons (Fsp3) is 0.222. The molecular weight excluding hydrogens is 429 g/mol. The molecule has 0 aliphatic carbocycles. The van der Waals surface area contributed by atoms with E-state index in [0.29, 0.717) is 0 Å². The average Bonchev–Trinajstić information content (AvgIpc) is 2.66. The number of hydrogen-bond acceptors (Lipinski definition) is 5. The Balaban J connectivity index is 2.26. The van der Waals surface area contributed by atoms with Gasteiger partial charge in [-0.2, -0.15) is 0 Å². The lowest BCUT2D eigenvalue weighted by atomic mass is 10.0. The molecule has 0 aromatic heterocycles. The summed E-state index contributed by atoms with van der Waals surface area (Å²) in [6.07, 6.45) is -5.44. The van der Waals surface area contributed by atoms with Crippen LogP contribution in [0.25, 0.3) is 0 Å². The number of rotatable bonds is 8. The molecule has 2 aromatic carbocycles. The molecule has 2 aromatic rings. The van der Waals surface area contributed by atoms with Gasteiger partial charge in [0.1, 0.15) is 5.75 Å². The van der Waals surface area contributed by atoms with Crippen molar-refractivity contribution in [1.82, 2.24) is 10.0 Å². The van der Waals surface area contributed by atoms with Crippen molar-refractivity contribution in [2.45, 2.75) is 23.7 Å². The number of halogens is 3. The van der Waals surface area contributed by atoms with E-state index in [9.17, 15) is 31.2 Å². The summed E-state index contributed by atoms with van der Waals surface area (Å²) in [6, 6.07) is 8.34. The van der Waals surface area contributed by atoms with Crippen LogP contribution in [0.4, 0.5) is 13.2 Å². The number of carbonyl (C=O) groups excluding carboxylic acids is 1. The van der Waals surface area contributed by atoms with Crippen LogP contribution in [-0.4, -0.2) is 38.8 Å². The summed E-state index contributed by atoms with van der Waals surface area (Å²) in [6.45, 7) is 0. The van der Waals surface area contributed by atoms with E-state index in [2.05, 4.69) is 14.8 Å². The molecule has 0 aliphatic heterocycles. The maximum atomic E-state index is 12.5. The first-order valence-electron chi connectivity index (χ1n) is 8.33. The van der Waals surface area contributed by atoms with E-state index in [1.807, 2.05) is 0 Å². The van der Waals surface area contributed by atoms with Gasteiger partial charge in [-0.15, -0.1) is 13.2 Å². The summed E-state index contributed by atoms with van der Waals surface area (Å²) >= 11 is 0. The minimum atomic E-state index is -4.88. The number of carboxylic acid groups (broad SMARTS) is 1. The second-order valence-corrected chi connectivity index (χ2v) is 7.86. The highest BCUT2D eigenvalue weighted by atomic mass is 32.2. The molecular formula is C18H17F3N2O6S. The van der Waals surface area contributed by atoms with Gasteiger partial charge in [-0.3, -0.25) is 9.59 Å². The monoisotopic (exact) mass is 446 g/mol. The Morgan fingerprint density at radius 1 is 1.13 bits per heavy atom. The Labute approximate surface area is 169 Å². The molecule has 162 valence electrons. The van der Waals surface area contributed by atoms with Crippen LogP contribution in [-0.2, 0) is 14.8 Å². The summed E-state index contributed by atoms with van der Waals surface area (Å²) in [7, 11) is -2.60. The number of nitrogens with one attached hydrogen (secondary N) is 2. The number of benzene rings is 2. The molecule has 0 unspecified atom stereocenters. The quantitative estimate of drug-likeness (QED) is 0.573. The number of carbonyl (C=O) groups is 2. The topological polar surface area (TPSA) is 122 Å². The van der Waals surface area contributed by atoms with Gasteiger partial charge in [0.2, 0.25) is 10.0 Å². The fourth-order valence-corrected chi connectivity index (χ4v) is 3.27. The molecule has 0 heterocycles. The SMILES string of the molecule is CNS(=O)(=O)c1cccc(C(=O)N[C@@H](CC(=O)O)c2ccc(OC(F)(F)F)cc2)c1. The second kappa shape index (κ2) is 9.13. The number of aliphatic carboxylic acids is 1. The third-order valence-electron chi connectivity index (χ3n) is 3.88. The highest BCUT2D eigenvalue weighted by Gasteiger charge is 2.31. The molecule has 3 N–H and O–H groups in total. The van der Waals surface area contributed by atoms with Gasteiger partial charge >= 0.3 is 12.3 Å². The van der Waals surface area contributed by atoms with Crippen LogP contribution in [0.15, 0.2) is 53.4 Å². The second-order valence-electron chi connectivity index (χ2n) is 5.98. The zero-order valence-electron chi connectivity index (χ0n) is 15.4. The van der Waals surface area contributed by atoms with E-state index in [1.165, 1.54) is 37.4 Å².